The van der Waals surface area contributed by atoms with Gasteiger partial charge in [-0.25, -0.2) is 9.18 Å². The first-order chi connectivity index (χ1) is 12.6. The quantitative estimate of drug-likeness (QED) is 0.910. The van der Waals surface area contributed by atoms with E-state index in [4.69, 9.17) is 0 Å². The highest BCUT2D eigenvalue weighted by Crippen LogP contribution is 2.11. The molecule has 2 amide bonds. The summed E-state index contributed by atoms with van der Waals surface area (Å²) >= 11 is 0. The van der Waals surface area contributed by atoms with Crippen LogP contribution in [0.2, 0.25) is 0 Å². The summed E-state index contributed by atoms with van der Waals surface area (Å²) in [6.45, 7) is 6.79. The molecule has 1 aliphatic rings. The Hall–Kier alpha value is -2.40. The molecule has 1 aliphatic heterocycles. The van der Waals surface area contributed by atoms with Crippen LogP contribution >= 0.6 is 0 Å². The van der Waals surface area contributed by atoms with E-state index in [0.29, 0.717) is 6.54 Å². The first-order valence-electron chi connectivity index (χ1n) is 9.15. The average Bonchev–Trinajstić information content (AvgIpc) is 2.88. The summed E-state index contributed by atoms with van der Waals surface area (Å²) in [5.41, 5.74) is 3.48. The standard InChI is InChI=1S/C21H26FN3O/c1-17-3-5-19(6-4-17)16-24-11-2-12-25(14-13-24)21(26)23-15-18-7-9-20(22)10-8-18/h3-10H,2,11-16H2,1H3,(H,23,26). The maximum Gasteiger partial charge on any atom is 0.317 e. The maximum absolute atomic E-state index is 12.9. The number of hydrogen-bond acceptors (Lipinski definition) is 2. The van der Waals surface area contributed by atoms with Crippen LogP contribution in [0.1, 0.15) is 23.1 Å². The molecule has 0 radical (unpaired) electrons. The summed E-state index contributed by atoms with van der Waals surface area (Å²) in [5.74, 6) is -0.263. The SMILES string of the molecule is Cc1ccc(CN2CCCN(C(=O)NCc3ccc(F)cc3)CC2)cc1. The number of nitrogens with zero attached hydrogens (tertiary/aromatic N) is 2. The fraction of sp³-hybridized carbons (Fsp3) is 0.381. The van der Waals surface area contributed by atoms with Gasteiger partial charge in [-0.3, -0.25) is 4.90 Å². The lowest BCUT2D eigenvalue weighted by Crippen LogP contribution is -2.41. The fourth-order valence-electron chi connectivity index (χ4n) is 3.18. The van der Waals surface area contributed by atoms with E-state index < -0.39 is 0 Å². The van der Waals surface area contributed by atoms with Crippen molar-refractivity contribution in [3.8, 4) is 0 Å². The van der Waals surface area contributed by atoms with Gasteiger partial charge in [0.25, 0.3) is 0 Å². The van der Waals surface area contributed by atoms with E-state index in [1.807, 2.05) is 4.90 Å². The lowest BCUT2D eigenvalue weighted by atomic mass is 10.1. The van der Waals surface area contributed by atoms with Gasteiger partial charge in [0.15, 0.2) is 0 Å². The highest BCUT2D eigenvalue weighted by atomic mass is 19.1. The van der Waals surface area contributed by atoms with Crippen molar-refractivity contribution < 1.29 is 9.18 Å². The molecule has 0 aliphatic carbocycles. The van der Waals surface area contributed by atoms with Gasteiger partial charge >= 0.3 is 6.03 Å². The molecule has 5 heteroatoms. The summed E-state index contributed by atoms with van der Waals surface area (Å²) < 4.78 is 12.9. The van der Waals surface area contributed by atoms with Crippen molar-refractivity contribution in [2.75, 3.05) is 26.2 Å². The van der Waals surface area contributed by atoms with E-state index in [2.05, 4.69) is 41.4 Å². The predicted octanol–water partition coefficient (Wildman–Crippen LogP) is 3.55. The molecule has 2 aromatic rings. The molecule has 0 bridgehead atoms. The molecule has 0 unspecified atom stereocenters. The second-order valence-electron chi connectivity index (χ2n) is 6.89. The van der Waals surface area contributed by atoms with Crippen LogP contribution in [0.3, 0.4) is 0 Å². The number of amides is 2. The van der Waals surface area contributed by atoms with Crippen molar-refractivity contribution in [3.05, 3.63) is 71.0 Å². The zero-order valence-electron chi connectivity index (χ0n) is 15.2. The van der Waals surface area contributed by atoms with Gasteiger partial charge in [-0.1, -0.05) is 42.0 Å². The molecular weight excluding hydrogens is 329 g/mol. The molecule has 26 heavy (non-hydrogen) atoms. The van der Waals surface area contributed by atoms with Crippen LogP contribution in [0.15, 0.2) is 48.5 Å². The Morgan fingerprint density at radius 2 is 1.65 bits per heavy atom. The Morgan fingerprint density at radius 3 is 2.38 bits per heavy atom. The van der Waals surface area contributed by atoms with Crippen molar-refractivity contribution in [3.63, 3.8) is 0 Å². The van der Waals surface area contributed by atoms with Crippen LogP contribution in [-0.4, -0.2) is 42.0 Å². The number of urea groups is 1. The number of aryl methyl sites for hydroxylation is 1. The number of nitrogens with one attached hydrogen (secondary N) is 1. The van der Waals surface area contributed by atoms with Gasteiger partial charge in [0, 0.05) is 39.3 Å². The van der Waals surface area contributed by atoms with Crippen LogP contribution in [0.5, 0.6) is 0 Å². The van der Waals surface area contributed by atoms with Crippen molar-refractivity contribution in [1.29, 1.82) is 0 Å². The summed E-state index contributed by atoms with van der Waals surface area (Å²) in [7, 11) is 0. The van der Waals surface area contributed by atoms with Crippen LogP contribution in [0.4, 0.5) is 9.18 Å². The Kier molecular flexibility index (Phi) is 6.23. The average molecular weight is 355 g/mol. The third-order valence-corrected chi connectivity index (χ3v) is 4.76. The largest absolute Gasteiger partial charge is 0.334 e. The summed E-state index contributed by atoms with van der Waals surface area (Å²) in [6, 6.07) is 14.8. The van der Waals surface area contributed by atoms with Crippen LogP contribution in [-0.2, 0) is 13.1 Å². The number of hydrogen-bond donors (Lipinski definition) is 1. The molecule has 2 aromatic carbocycles. The Morgan fingerprint density at radius 1 is 0.962 bits per heavy atom. The third kappa shape index (κ3) is 5.30. The van der Waals surface area contributed by atoms with Crippen molar-refractivity contribution in [1.82, 2.24) is 15.1 Å². The Labute approximate surface area is 154 Å². The Balaban J connectivity index is 1.47. The molecule has 0 atom stereocenters. The molecule has 138 valence electrons. The lowest BCUT2D eigenvalue weighted by molar-refractivity contribution is 0.197. The summed E-state index contributed by atoms with van der Waals surface area (Å²) in [6.07, 6.45) is 0.968. The van der Waals surface area contributed by atoms with Crippen LogP contribution in [0, 0.1) is 12.7 Å². The van der Waals surface area contributed by atoms with E-state index in [0.717, 1.165) is 44.7 Å². The zero-order chi connectivity index (χ0) is 18.4. The minimum Gasteiger partial charge on any atom is -0.334 e. The van der Waals surface area contributed by atoms with E-state index in [9.17, 15) is 9.18 Å². The number of rotatable bonds is 4. The molecule has 4 nitrogen and oxygen atoms in total. The lowest BCUT2D eigenvalue weighted by Gasteiger charge is -2.22. The molecule has 1 fully saturated rings. The third-order valence-electron chi connectivity index (χ3n) is 4.76. The van der Waals surface area contributed by atoms with E-state index in [1.165, 1.54) is 23.3 Å². The predicted molar refractivity (Wildman–Crippen MR) is 101 cm³/mol. The van der Waals surface area contributed by atoms with Gasteiger partial charge < -0.3 is 10.2 Å². The molecule has 0 spiro atoms. The number of carbonyl (C=O) groups is 1. The van der Waals surface area contributed by atoms with E-state index in [-0.39, 0.29) is 11.8 Å². The number of halogens is 1. The van der Waals surface area contributed by atoms with Crippen molar-refractivity contribution >= 4 is 6.03 Å². The first-order valence-corrected chi connectivity index (χ1v) is 9.15. The maximum atomic E-state index is 12.9. The van der Waals surface area contributed by atoms with Gasteiger partial charge in [0.2, 0.25) is 0 Å². The molecular formula is C21H26FN3O. The Bertz CT molecular complexity index is 715. The topological polar surface area (TPSA) is 35.6 Å². The molecule has 0 saturated carbocycles. The van der Waals surface area contributed by atoms with E-state index >= 15 is 0 Å². The second kappa shape index (κ2) is 8.81. The van der Waals surface area contributed by atoms with Gasteiger partial charge in [-0.2, -0.15) is 0 Å². The zero-order valence-corrected chi connectivity index (χ0v) is 15.2. The van der Waals surface area contributed by atoms with Crippen LogP contribution < -0.4 is 5.32 Å². The van der Waals surface area contributed by atoms with Gasteiger partial charge in [0.05, 0.1) is 0 Å². The molecule has 0 aromatic heterocycles. The highest BCUT2D eigenvalue weighted by Gasteiger charge is 2.19. The number of carbonyl (C=O) groups excluding carboxylic acids is 1. The van der Waals surface area contributed by atoms with Crippen molar-refractivity contribution in [2.45, 2.75) is 26.4 Å². The monoisotopic (exact) mass is 355 g/mol. The highest BCUT2D eigenvalue weighted by molar-refractivity contribution is 5.74. The van der Waals surface area contributed by atoms with Gasteiger partial charge in [-0.15, -0.1) is 0 Å². The molecule has 1 saturated heterocycles. The normalized spacial score (nSPS) is 15.5. The first kappa shape index (κ1) is 18.4. The number of benzene rings is 2. The van der Waals surface area contributed by atoms with Gasteiger partial charge in [0.1, 0.15) is 5.82 Å². The molecule has 1 heterocycles. The summed E-state index contributed by atoms with van der Waals surface area (Å²) in [4.78, 5) is 16.7. The molecule has 3 rings (SSSR count). The summed E-state index contributed by atoms with van der Waals surface area (Å²) in [5, 5.41) is 2.93. The minimum absolute atomic E-state index is 0.0495. The fourth-order valence-corrected chi connectivity index (χ4v) is 3.18. The van der Waals surface area contributed by atoms with E-state index in [1.54, 1.807) is 12.1 Å². The van der Waals surface area contributed by atoms with Crippen molar-refractivity contribution in [2.24, 2.45) is 0 Å². The minimum atomic E-state index is -0.263. The van der Waals surface area contributed by atoms with Gasteiger partial charge in [-0.05, 0) is 36.6 Å². The van der Waals surface area contributed by atoms with Crippen LogP contribution in [0.25, 0.3) is 0 Å². The molecule has 1 N–H and O–H groups in total. The smallest absolute Gasteiger partial charge is 0.317 e. The second-order valence-corrected chi connectivity index (χ2v) is 6.89.